The second-order valence-electron chi connectivity index (χ2n) is 9.50. The van der Waals surface area contributed by atoms with Gasteiger partial charge in [-0.05, 0) is 66.0 Å². The number of aromatic nitrogens is 2. The van der Waals surface area contributed by atoms with Crippen LogP contribution in [0.15, 0.2) is 54.9 Å². The summed E-state index contributed by atoms with van der Waals surface area (Å²) in [6, 6.07) is 14.5. The number of aryl methyl sites for hydroxylation is 1. The first-order valence-electron chi connectivity index (χ1n) is 12.6. The van der Waals surface area contributed by atoms with Crippen LogP contribution in [0.2, 0.25) is 0 Å². The van der Waals surface area contributed by atoms with E-state index in [2.05, 4.69) is 52.1 Å². The molecule has 2 aromatic carbocycles. The summed E-state index contributed by atoms with van der Waals surface area (Å²) < 4.78 is 6.39. The number of Topliss-reactive ketones (excluding diaryl/α,β-unsaturated/α-hetero) is 1. The molecular formula is C29H33N3O2. The van der Waals surface area contributed by atoms with Gasteiger partial charge in [-0.15, -0.1) is 0 Å². The van der Waals surface area contributed by atoms with Gasteiger partial charge in [0.15, 0.2) is 5.78 Å². The Labute approximate surface area is 202 Å². The monoisotopic (exact) mass is 455 g/mol. The molecule has 1 aromatic heterocycles. The zero-order valence-corrected chi connectivity index (χ0v) is 20.2. The first-order chi connectivity index (χ1) is 16.6. The number of benzene rings is 2. The second-order valence-corrected chi connectivity index (χ2v) is 9.50. The third kappa shape index (κ3) is 4.70. The molecule has 5 rings (SSSR count). The first kappa shape index (κ1) is 22.6. The molecule has 176 valence electrons. The van der Waals surface area contributed by atoms with Crippen molar-refractivity contribution in [3.8, 4) is 16.9 Å². The zero-order chi connectivity index (χ0) is 23.5. The van der Waals surface area contributed by atoms with Crippen molar-refractivity contribution in [3.05, 3.63) is 71.5 Å². The lowest BCUT2D eigenvalue weighted by Gasteiger charge is -2.34. The summed E-state index contributed by atoms with van der Waals surface area (Å²) in [7, 11) is 0. The summed E-state index contributed by atoms with van der Waals surface area (Å²) in [6.45, 7) is 6.11. The Balaban J connectivity index is 1.20. The van der Waals surface area contributed by atoms with Crippen molar-refractivity contribution in [2.45, 2.75) is 58.5 Å². The molecule has 0 bridgehead atoms. The number of anilines is 1. The second kappa shape index (κ2) is 9.96. The van der Waals surface area contributed by atoms with Crippen molar-refractivity contribution in [1.82, 2.24) is 9.97 Å². The summed E-state index contributed by atoms with van der Waals surface area (Å²) >= 11 is 0. The minimum absolute atomic E-state index is 0.217. The molecule has 0 aliphatic carbocycles. The molecule has 2 aliphatic rings. The van der Waals surface area contributed by atoms with Gasteiger partial charge in [0.1, 0.15) is 11.9 Å². The largest absolute Gasteiger partial charge is 0.490 e. The van der Waals surface area contributed by atoms with Crippen molar-refractivity contribution in [1.29, 1.82) is 0 Å². The van der Waals surface area contributed by atoms with Crippen molar-refractivity contribution in [2.75, 3.05) is 18.0 Å². The topological polar surface area (TPSA) is 55.3 Å². The summed E-state index contributed by atoms with van der Waals surface area (Å²) in [6.07, 6.45) is 9.73. The Morgan fingerprint density at radius 1 is 1.00 bits per heavy atom. The molecule has 2 aliphatic heterocycles. The van der Waals surface area contributed by atoms with Crippen molar-refractivity contribution < 1.29 is 9.53 Å². The highest BCUT2D eigenvalue weighted by Gasteiger charge is 2.33. The van der Waals surface area contributed by atoms with E-state index in [9.17, 15) is 4.79 Å². The molecule has 0 radical (unpaired) electrons. The number of carbonyl (C=O) groups is 1. The fourth-order valence-electron chi connectivity index (χ4n) is 5.10. The molecule has 1 atom stereocenters. The number of nitrogens with zero attached hydrogens (tertiary/aromatic N) is 3. The van der Waals surface area contributed by atoms with Gasteiger partial charge < -0.3 is 9.64 Å². The van der Waals surface area contributed by atoms with Crippen LogP contribution in [-0.4, -0.2) is 34.9 Å². The minimum Gasteiger partial charge on any atom is -0.490 e. The maximum atomic E-state index is 12.1. The molecule has 0 spiro atoms. The Bertz CT molecular complexity index is 1130. The Morgan fingerprint density at radius 2 is 1.71 bits per heavy atom. The smallest absolute Gasteiger partial charge is 0.225 e. The third-order valence-corrected chi connectivity index (χ3v) is 7.23. The summed E-state index contributed by atoms with van der Waals surface area (Å²) in [5.74, 6) is 2.63. The van der Waals surface area contributed by atoms with Gasteiger partial charge in [0.2, 0.25) is 5.95 Å². The number of ketones is 1. The minimum atomic E-state index is 0.217. The van der Waals surface area contributed by atoms with E-state index in [0.717, 1.165) is 68.0 Å². The molecule has 0 amide bonds. The van der Waals surface area contributed by atoms with Crippen LogP contribution in [0.4, 0.5) is 5.95 Å². The lowest BCUT2D eigenvalue weighted by atomic mass is 9.88. The van der Waals surface area contributed by atoms with Crippen molar-refractivity contribution in [2.24, 2.45) is 5.92 Å². The van der Waals surface area contributed by atoms with E-state index >= 15 is 0 Å². The third-order valence-electron chi connectivity index (χ3n) is 7.23. The van der Waals surface area contributed by atoms with E-state index in [-0.39, 0.29) is 11.9 Å². The van der Waals surface area contributed by atoms with Crippen LogP contribution in [0.5, 0.6) is 5.75 Å². The molecule has 3 aromatic rings. The summed E-state index contributed by atoms with van der Waals surface area (Å²) in [4.78, 5) is 23.5. The number of piperidine rings is 1. The van der Waals surface area contributed by atoms with Crippen LogP contribution in [0.3, 0.4) is 0 Å². The average molecular weight is 456 g/mol. The van der Waals surface area contributed by atoms with Gasteiger partial charge >= 0.3 is 0 Å². The SMILES string of the molecule is CCCC(=O)c1ccc(-c2ccc3c(c2)CC(C2CCN(c4ncc(CC)cn4)CC2)O3)cc1. The van der Waals surface area contributed by atoms with E-state index in [4.69, 9.17) is 4.74 Å². The molecule has 5 nitrogen and oxygen atoms in total. The van der Waals surface area contributed by atoms with Gasteiger partial charge in [0.25, 0.3) is 0 Å². The maximum Gasteiger partial charge on any atom is 0.225 e. The number of fused-ring (bicyclic) bond motifs is 1. The highest BCUT2D eigenvalue weighted by atomic mass is 16.5. The van der Waals surface area contributed by atoms with E-state index < -0.39 is 0 Å². The highest BCUT2D eigenvalue weighted by molar-refractivity contribution is 5.96. The fourth-order valence-corrected chi connectivity index (χ4v) is 5.10. The predicted molar refractivity (Wildman–Crippen MR) is 136 cm³/mol. The zero-order valence-electron chi connectivity index (χ0n) is 20.2. The Hall–Kier alpha value is -3.21. The summed E-state index contributed by atoms with van der Waals surface area (Å²) in [5.41, 5.74) is 5.58. The van der Waals surface area contributed by atoms with Crippen molar-refractivity contribution >= 4 is 11.7 Å². The molecule has 34 heavy (non-hydrogen) atoms. The van der Waals surface area contributed by atoms with Crippen LogP contribution in [0.1, 0.15) is 61.0 Å². The summed E-state index contributed by atoms with van der Waals surface area (Å²) in [5, 5.41) is 0. The lowest BCUT2D eigenvalue weighted by Crippen LogP contribution is -2.40. The van der Waals surface area contributed by atoms with E-state index in [1.54, 1.807) is 0 Å². The van der Waals surface area contributed by atoms with Crippen molar-refractivity contribution in [3.63, 3.8) is 0 Å². The molecular weight excluding hydrogens is 422 g/mol. The van der Waals surface area contributed by atoms with E-state index in [1.165, 1.54) is 16.7 Å². The van der Waals surface area contributed by atoms with Crippen LogP contribution < -0.4 is 9.64 Å². The van der Waals surface area contributed by atoms with Gasteiger partial charge in [-0.1, -0.05) is 44.2 Å². The van der Waals surface area contributed by atoms with Gasteiger partial charge in [-0.2, -0.15) is 0 Å². The molecule has 3 heterocycles. The van der Waals surface area contributed by atoms with Crippen LogP contribution in [0.25, 0.3) is 11.1 Å². The predicted octanol–water partition coefficient (Wildman–Crippen LogP) is 5.91. The number of carbonyl (C=O) groups excluding carboxylic acids is 1. The highest BCUT2D eigenvalue weighted by Crippen LogP contribution is 2.38. The Morgan fingerprint density at radius 3 is 2.38 bits per heavy atom. The van der Waals surface area contributed by atoms with Gasteiger partial charge in [0.05, 0.1) is 0 Å². The van der Waals surface area contributed by atoms with Gasteiger partial charge in [-0.25, -0.2) is 9.97 Å². The van der Waals surface area contributed by atoms with E-state index in [1.807, 2.05) is 31.5 Å². The normalized spacial score (nSPS) is 17.9. The van der Waals surface area contributed by atoms with E-state index in [0.29, 0.717) is 12.3 Å². The van der Waals surface area contributed by atoms with Crippen LogP contribution in [0, 0.1) is 5.92 Å². The molecule has 1 fully saturated rings. The standard InChI is InChI=1S/C29H33N3O2/c1-3-5-26(33)22-8-6-21(7-9-22)24-10-11-27-25(16-24)17-28(34-27)23-12-14-32(15-13-23)29-30-18-20(4-2)19-31-29/h6-11,16,18-19,23,28H,3-5,12-15,17H2,1-2H3. The number of rotatable bonds is 7. The quantitative estimate of drug-likeness (QED) is 0.415. The van der Waals surface area contributed by atoms with Crippen LogP contribution >= 0.6 is 0 Å². The molecule has 1 saturated heterocycles. The van der Waals surface area contributed by atoms with Gasteiger partial charge in [-0.3, -0.25) is 4.79 Å². The number of ether oxygens (including phenoxy) is 1. The molecule has 5 heteroatoms. The average Bonchev–Trinajstić information content (AvgIpc) is 3.33. The fraction of sp³-hybridized carbons (Fsp3) is 0.414. The Kier molecular flexibility index (Phi) is 6.61. The number of hydrogen-bond acceptors (Lipinski definition) is 5. The number of hydrogen-bond donors (Lipinski definition) is 0. The first-order valence-corrected chi connectivity index (χ1v) is 12.6. The lowest BCUT2D eigenvalue weighted by molar-refractivity contribution is 0.0981. The van der Waals surface area contributed by atoms with Crippen LogP contribution in [-0.2, 0) is 12.8 Å². The maximum absolute atomic E-state index is 12.1. The molecule has 1 unspecified atom stereocenters. The molecule has 0 saturated carbocycles. The van der Waals surface area contributed by atoms with Gasteiger partial charge in [0, 0.05) is 43.9 Å². The molecule has 0 N–H and O–H groups in total.